The predicted molar refractivity (Wildman–Crippen MR) is 50.8 cm³/mol. The number of rotatable bonds is 1. The first-order valence-electron chi connectivity index (χ1n) is 3.05. The van der Waals surface area contributed by atoms with Gasteiger partial charge >= 0.3 is 6.09 Å². The molecule has 3 nitrogen and oxygen atoms in total. The van der Waals surface area contributed by atoms with Crippen molar-refractivity contribution in [3.8, 4) is 0 Å². The summed E-state index contributed by atoms with van der Waals surface area (Å²) in [7, 11) is 0. The highest BCUT2D eigenvalue weighted by atomic mass is 79.9. The average molecular weight is 250 g/mol. The number of hydrogen-bond acceptors (Lipinski definition) is 1. The molecular formula is C7H5BrClNO2. The monoisotopic (exact) mass is 249 g/mol. The van der Waals surface area contributed by atoms with Gasteiger partial charge in [0.25, 0.3) is 0 Å². The number of amides is 1. The second-order valence-electron chi connectivity index (χ2n) is 2.03. The Bertz CT molecular complexity index is 316. The largest absolute Gasteiger partial charge is 0.465 e. The molecule has 0 spiro atoms. The molecule has 1 rings (SSSR count). The fraction of sp³-hybridized carbons (Fsp3) is 0. The summed E-state index contributed by atoms with van der Waals surface area (Å²) in [4.78, 5) is 10.3. The van der Waals surface area contributed by atoms with Crippen molar-refractivity contribution in [2.75, 3.05) is 5.32 Å². The third-order valence-corrected chi connectivity index (χ3v) is 2.59. The maximum Gasteiger partial charge on any atom is 0.409 e. The third-order valence-electron chi connectivity index (χ3n) is 1.19. The van der Waals surface area contributed by atoms with Crippen LogP contribution in [0.25, 0.3) is 0 Å². The van der Waals surface area contributed by atoms with E-state index in [0.717, 1.165) is 0 Å². The van der Waals surface area contributed by atoms with Crippen LogP contribution in [-0.4, -0.2) is 11.2 Å². The maximum atomic E-state index is 10.3. The van der Waals surface area contributed by atoms with E-state index in [1.54, 1.807) is 18.2 Å². The zero-order valence-electron chi connectivity index (χ0n) is 5.84. The van der Waals surface area contributed by atoms with Crippen LogP contribution in [0, 0.1) is 0 Å². The Balaban J connectivity index is 3.00. The Labute approximate surface area is 82.5 Å². The van der Waals surface area contributed by atoms with Crippen molar-refractivity contribution in [2.45, 2.75) is 0 Å². The summed E-state index contributed by atoms with van der Waals surface area (Å²) in [6.07, 6.45) is -1.11. The molecule has 0 saturated carbocycles. The summed E-state index contributed by atoms with van der Waals surface area (Å²) in [6.45, 7) is 0. The highest BCUT2D eigenvalue weighted by molar-refractivity contribution is 9.10. The first-order chi connectivity index (χ1) is 5.61. The molecule has 2 N–H and O–H groups in total. The predicted octanol–water partition coefficient (Wildman–Crippen LogP) is 3.19. The van der Waals surface area contributed by atoms with Crippen LogP contribution in [0.5, 0.6) is 0 Å². The van der Waals surface area contributed by atoms with E-state index < -0.39 is 6.09 Å². The number of halogens is 2. The third kappa shape index (κ3) is 2.12. The van der Waals surface area contributed by atoms with E-state index in [1.165, 1.54) is 0 Å². The fourth-order valence-electron chi connectivity index (χ4n) is 0.716. The number of nitrogens with one attached hydrogen (secondary N) is 1. The molecule has 0 unspecified atom stereocenters. The molecule has 0 atom stereocenters. The standard InChI is InChI=1S/C7H5BrClNO2/c8-6-4(9)2-1-3-5(6)10-7(11)12/h1-3,10H,(H,11,12). The molecule has 1 aromatic carbocycles. The minimum absolute atomic E-state index is 0.440. The van der Waals surface area contributed by atoms with Gasteiger partial charge in [0.2, 0.25) is 0 Å². The smallest absolute Gasteiger partial charge is 0.409 e. The molecular weight excluding hydrogens is 245 g/mol. The molecule has 12 heavy (non-hydrogen) atoms. The summed E-state index contributed by atoms with van der Waals surface area (Å²) in [5.41, 5.74) is 0.440. The second kappa shape index (κ2) is 3.78. The molecule has 0 aliphatic rings. The first-order valence-corrected chi connectivity index (χ1v) is 4.22. The van der Waals surface area contributed by atoms with Gasteiger partial charge in [-0.15, -0.1) is 0 Å². The van der Waals surface area contributed by atoms with Crippen LogP contribution < -0.4 is 5.32 Å². The van der Waals surface area contributed by atoms with Crippen LogP contribution in [0.1, 0.15) is 0 Å². The Hall–Kier alpha value is -0.740. The van der Waals surface area contributed by atoms with Crippen molar-refractivity contribution in [2.24, 2.45) is 0 Å². The number of anilines is 1. The summed E-state index contributed by atoms with van der Waals surface area (Å²) in [5.74, 6) is 0. The lowest BCUT2D eigenvalue weighted by Gasteiger charge is -2.03. The number of benzene rings is 1. The van der Waals surface area contributed by atoms with E-state index >= 15 is 0 Å². The lowest BCUT2D eigenvalue weighted by molar-refractivity contribution is 0.209. The minimum Gasteiger partial charge on any atom is -0.465 e. The molecule has 0 heterocycles. The Morgan fingerprint density at radius 2 is 2.25 bits per heavy atom. The van der Waals surface area contributed by atoms with Crippen molar-refractivity contribution in [3.63, 3.8) is 0 Å². The summed E-state index contributed by atoms with van der Waals surface area (Å²) < 4.78 is 0.550. The summed E-state index contributed by atoms with van der Waals surface area (Å²) >= 11 is 8.87. The fourth-order valence-corrected chi connectivity index (χ4v) is 1.25. The second-order valence-corrected chi connectivity index (χ2v) is 3.23. The van der Waals surface area contributed by atoms with Crippen molar-refractivity contribution in [3.05, 3.63) is 27.7 Å². The molecule has 1 amide bonds. The van der Waals surface area contributed by atoms with Crippen LogP contribution in [0.2, 0.25) is 5.02 Å². The zero-order chi connectivity index (χ0) is 9.14. The molecule has 64 valence electrons. The number of carboxylic acid groups (broad SMARTS) is 1. The molecule has 0 aliphatic carbocycles. The normalized spacial score (nSPS) is 9.50. The van der Waals surface area contributed by atoms with Gasteiger partial charge in [-0.25, -0.2) is 4.79 Å². The lowest BCUT2D eigenvalue weighted by Crippen LogP contribution is -2.07. The maximum absolute atomic E-state index is 10.3. The van der Waals surface area contributed by atoms with E-state index in [2.05, 4.69) is 21.2 Å². The number of hydrogen-bond donors (Lipinski definition) is 2. The molecule has 0 saturated heterocycles. The van der Waals surface area contributed by atoms with Crippen LogP contribution in [0.4, 0.5) is 10.5 Å². The van der Waals surface area contributed by atoms with Crippen LogP contribution in [-0.2, 0) is 0 Å². The summed E-state index contributed by atoms with van der Waals surface area (Å²) in [5, 5.41) is 11.1. The van der Waals surface area contributed by atoms with Gasteiger partial charge < -0.3 is 5.11 Å². The molecule has 0 aromatic heterocycles. The van der Waals surface area contributed by atoms with Crippen molar-refractivity contribution in [1.29, 1.82) is 0 Å². The SMILES string of the molecule is O=C(O)Nc1cccc(Cl)c1Br. The van der Waals surface area contributed by atoms with Crippen LogP contribution >= 0.6 is 27.5 Å². The van der Waals surface area contributed by atoms with Gasteiger partial charge in [0.1, 0.15) is 0 Å². The van der Waals surface area contributed by atoms with Gasteiger partial charge in [-0.3, -0.25) is 5.32 Å². The average Bonchev–Trinajstić information content (AvgIpc) is 1.98. The molecule has 0 bridgehead atoms. The van der Waals surface area contributed by atoms with E-state index in [4.69, 9.17) is 16.7 Å². The first kappa shape index (κ1) is 9.35. The highest BCUT2D eigenvalue weighted by Gasteiger charge is 2.05. The van der Waals surface area contributed by atoms with Crippen molar-refractivity contribution < 1.29 is 9.90 Å². The quantitative estimate of drug-likeness (QED) is 0.804. The van der Waals surface area contributed by atoms with Crippen LogP contribution in [0.3, 0.4) is 0 Å². The van der Waals surface area contributed by atoms with E-state index in [0.29, 0.717) is 15.2 Å². The molecule has 1 aromatic rings. The van der Waals surface area contributed by atoms with Gasteiger partial charge in [0.15, 0.2) is 0 Å². The van der Waals surface area contributed by atoms with Crippen molar-refractivity contribution in [1.82, 2.24) is 0 Å². The number of carbonyl (C=O) groups is 1. The lowest BCUT2D eigenvalue weighted by atomic mass is 10.3. The van der Waals surface area contributed by atoms with Gasteiger partial charge in [0, 0.05) is 0 Å². The highest BCUT2D eigenvalue weighted by Crippen LogP contribution is 2.29. The molecule has 0 fully saturated rings. The zero-order valence-corrected chi connectivity index (χ0v) is 8.19. The molecule has 5 heteroatoms. The van der Waals surface area contributed by atoms with E-state index in [-0.39, 0.29) is 0 Å². The van der Waals surface area contributed by atoms with Gasteiger partial charge in [-0.2, -0.15) is 0 Å². The molecule has 0 aliphatic heterocycles. The van der Waals surface area contributed by atoms with E-state index in [1.807, 2.05) is 0 Å². The summed E-state index contributed by atoms with van der Waals surface area (Å²) in [6, 6.07) is 4.95. The topological polar surface area (TPSA) is 49.3 Å². The van der Waals surface area contributed by atoms with Gasteiger partial charge in [-0.1, -0.05) is 17.7 Å². The van der Waals surface area contributed by atoms with Gasteiger partial charge in [0.05, 0.1) is 15.2 Å². The Morgan fingerprint density at radius 3 is 2.83 bits per heavy atom. The molecule has 0 radical (unpaired) electrons. The van der Waals surface area contributed by atoms with E-state index in [9.17, 15) is 4.79 Å². The Morgan fingerprint density at radius 1 is 1.58 bits per heavy atom. The van der Waals surface area contributed by atoms with Gasteiger partial charge in [-0.05, 0) is 28.1 Å². The minimum atomic E-state index is -1.11. The Kier molecular flexibility index (Phi) is 2.94. The van der Waals surface area contributed by atoms with Crippen LogP contribution in [0.15, 0.2) is 22.7 Å². The van der Waals surface area contributed by atoms with Crippen molar-refractivity contribution >= 4 is 39.3 Å².